The Balaban J connectivity index is 2.48. The number of carbonyl (C=O) groups excluding carboxylic acids is 1. The van der Waals surface area contributed by atoms with Gasteiger partial charge in [-0.25, -0.2) is 9.78 Å². The molecular weight excluding hydrogens is 176 g/mol. The largest absolute Gasteiger partial charge is 0.474 e. The zero-order chi connectivity index (χ0) is 9.84. The molecule has 0 unspecified atom stereocenters. The van der Waals surface area contributed by atoms with Gasteiger partial charge in [-0.3, -0.25) is 4.79 Å². The Morgan fingerprint density at radius 2 is 2.38 bits per heavy atom. The molecule has 70 valence electrons. The minimum absolute atomic E-state index is 0.0387. The molecule has 6 nitrogen and oxygen atoms in total. The van der Waals surface area contributed by atoms with Gasteiger partial charge in [-0.1, -0.05) is 0 Å². The number of hydrogen-bond acceptors (Lipinski definition) is 4. The van der Waals surface area contributed by atoms with Gasteiger partial charge in [0.05, 0.1) is 12.2 Å². The van der Waals surface area contributed by atoms with Crippen LogP contribution >= 0.6 is 0 Å². The molecule has 0 fully saturated rings. The van der Waals surface area contributed by atoms with Gasteiger partial charge < -0.3 is 14.8 Å². The molecule has 0 radical (unpaired) electrons. The maximum absolute atomic E-state index is 10.6. The number of rotatable bonds is 2. The quantitative estimate of drug-likeness (QED) is 0.614. The highest BCUT2D eigenvalue weighted by Gasteiger charge is 2.11. The molecule has 0 aromatic carbocycles. The van der Waals surface area contributed by atoms with Crippen LogP contribution in [0.1, 0.15) is 11.5 Å². The topological polar surface area (TPSA) is 92.4 Å². The van der Waals surface area contributed by atoms with Crippen LogP contribution in [0.4, 0.5) is 0 Å². The van der Waals surface area contributed by atoms with Crippen LogP contribution in [0.15, 0.2) is 10.8 Å². The number of nitrogens with one attached hydrogen (secondary N) is 1. The molecule has 0 bridgehead atoms. The normalized spacial score (nSPS) is 9.62. The summed E-state index contributed by atoms with van der Waals surface area (Å²) in [6.45, 7) is 1.74. The van der Waals surface area contributed by atoms with E-state index in [1.54, 1.807) is 6.92 Å². The van der Waals surface area contributed by atoms with E-state index in [0.29, 0.717) is 11.5 Å². The number of aryl methyl sites for hydroxylation is 1. The van der Waals surface area contributed by atoms with Crippen LogP contribution in [0.25, 0.3) is 0 Å². The smallest absolute Gasteiger partial charge is 0.394 e. The summed E-state index contributed by atoms with van der Waals surface area (Å²) in [6, 6.07) is 0. The molecule has 1 heterocycles. The van der Waals surface area contributed by atoms with E-state index in [1.807, 2.05) is 0 Å². The highest BCUT2D eigenvalue weighted by molar-refractivity contribution is 6.31. The molecular formula is C7H8N2O4. The van der Waals surface area contributed by atoms with Gasteiger partial charge in [-0.05, 0) is 6.92 Å². The van der Waals surface area contributed by atoms with Gasteiger partial charge >= 0.3 is 11.9 Å². The Morgan fingerprint density at radius 1 is 1.69 bits per heavy atom. The maximum atomic E-state index is 10.6. The zero-order valence-corrected chi connectivity index (χ0v) is 6.90. The van der Waals surface area contributed by atoms with Crippen molar-refractivity contribution in [2.75, 3.05) is 0 Å². The summed E-state index contributed by atoms with van der Waals surface area (Å²) < 4.78 is 4.88. The van der Waals surface area contributed by atoms with Crippen LogP contribution in [0, 0.1) is 6.92 Å². The molecule has 6 heteroatoms. The van der Waals surface area contributed by atoms with Crippen molar-refractivity contribution in [3.05, 3.63) is 17.8 Å². The first kappa shape index (κ1) is 9.24. The summed E-state index contributed by atoms with van der Waals surface area (Å²) in [5.74, 6) is -2.12. The second-order valence-electron chi connectivity index (χ2n) is 2.35. The average Bonchev–Trinajstić information content (AvgIpc) is 2.47. The second-order valence-corrected chi connectivity index (χ2v) is 2.35. The van der Waals surface area contributed by atoms with Gasteiger partial charge in [-0.2, -0.15) is 0 Å². The molecule has 1 amide bonds. The van der Waals surface area contributed by atoms with Crippen molar-refractivity contribution in [1.82, 2.24) is 10.3 Å². The van der Waals surface area contributed by atoms with E-state index in [2.05, 4.69) is 10.3 Å². The van der Waals surface area contributed by atoms with E-state index < -0.39 is 11.9 Å². The summed E-state index contributed by atoms with van der Waals surface area (Å²) >= 11 is 0. The zero-order valence-electron chi connectivity index (χ0n) is 6.90. The maximum Gasteiger partial charge on any atom is 0.394 e. The minimum atomic E-state index is -1.52. The molecule has 0 aliphatic heterocycles. The molecule has 0 atom stereocenters. The van der Waals surface area contributed by atoms with Crippen molar-refractivity contribution < 1.29 is 19.1 Å². The number of aromatic nitrogens is 1. The van der Waals surface area contributed by atoms with Crippen molar-refractivity contribution in [3.63, 3.8) is 0 Å². The van der Waals surface area contributed by atoms with E-state index in [4.69, 9.17) is 9.52 Å². The molecule has 0 aliphatic rings. The molecule has 13 heavy (non-hydrogen) atoms. The SMILES string of the molecule is Cc1ncoc1CNC(=O)C(=O)O. The summed E-state index contributed by atoms with van der Waals surface area (Å²) in [7, 11) is 0. The first-order valence-corrected chi connectivity index (χ1v) is 3.51. The first-order chi connectivity index (χ1) is 6.11. The Labute approximate surface area is 73.6 Å². The van der Waals surface area contributed by atoms with E-state index >= 15 is 0 Å². The van der Waals surface area contributed by atoms with E-state index in [0.717, 1.165) is 0 Å². The third-order valence-electron chi connectivity index (χ3n) is 1.45. The second kappa shape index (κ2) is 3.70. The lowest BCUT2D eigenvalue weighted by Crippen LogP contribution is -2.30. The number of carboxylic acid groups (broad SMARTS) is 1. The van der Waals surface area contributed by atoms with Crippen molar-refractivity contribution in [2.45, 2.75) is 13.5 Å². The minimum Gasteiger partial charge on any atom is -0.474 e. The summed E-state index contributed by atoms with van der Waals surface area (Å²) in [5.41, 5.74) is 0.630. The van der Waals surface area contributed by atoms with Crippen LogP contribution in [0.2, 0.25) is 0 Å². The van der Waals surface area contributed by atoms with E-state index in [1.165, 1.54) is 6.39 Å². The van der Waals surface area contributed by atoms with Crippen molar-refractivity contribution >= 4 is 11.9 Å². The molecule has 1 aromatic rings. The number of nitrogens with zero attached hydrogens (tertiary/aromatic N) is 1. The Bertz CT molecular complexity index is 331. The summed E-state index contributed by atoms with van der Waals surface area (Å²) in [5, 5.41) is 10.4. The standard InChI is InChI=1S/C7H8N2O4/c1-4-5(13-3-9-4)2-8-6(10)7(11)12/h3H,2H2,1H3,(H,8,10)(H,11,12). The number of carbonyl (C=O) groups is 2. The van der Waals surface area contributed by atoms with Crippen molar-refractivity contribution in [2.24, 2.45) is 0 Å². The highest BCUT2D eigenvalue weighted by atomic mass is 16.4. The monoisotopic (exact) mass is 184 g/mol. The summed E-state index contributed by atoms with van der Waals surface area (Å²) in [6.07, 6.45) is 1.23. The molecule has 1 rings (SSSR count). The molecule has 2 N–H and O–H groups in total. The third kappa shape index (κ3) is 2.29. The fourth-order valence-corrected chi connectivity index (χ4v) is 0.732. The Kier molecular flexibility index (Phi) is 2.63. The van der Waals surface area contributed by atoms with Gasteiger partial charge in [0.15, 0.2) is 6.39 Å². The van der Waals surface area contributed by atoms with Crippen molar-refractivity contribution in [1.29, 1.82) is 0 Å². The number of hydrogen-bond donors (Lipinski definition) is 2. The Morgan fingerprint density at radius 3 is 2.85 bits per heavy atom. The van der Waals surface area contributed by atoms with Gasteiger partial charge in [0.25, 0.3) is 0 Å². The predicted octanol–water partition coefficient (Wildman–Crippen LogP) is -0.316. The number of oxazole rings is 1. The number of amides is 1. The third-order valence-corrected chi connectivity index (χ3v) is 1.45. The lowest BCUT2D eigenvalue weighted by molar-refractivity contribution is -0.150. The fourth-order valence-electron chi connectivity index (χ4n) is 0.732. The molecule has 0 saturated carbocycles. The fraction of sp³-hybridized carbons (Fsp3) is 0.286. The Hall–Kier alpha value is -1.85. The van der Waals surface area contributed by atoms with Crippen molar-refractivity contribution in [3.8, 4) is 0 Å². The van der Waals surface area contributed by atoms with Crippen LogP contribution in [0.3, 0.4) is 0 Å². The molecule has 1 aromatic heterocycles. The van der Waals surface area contributed by atoms with Gasteiger partial charge in [0, 0.05) is 0 Å². The van der Waals surface area contributed by atoms with Crippen LogP contribution < -0.4 is 5.32 Å². The van der Waals surface area contributed by atoms with Crippen LogP contribution in [-0.2, 0) is 16.1 Å². The van der Waals surface area contributed by atoms with Crippen LogP contribution in [0.5, 0.6) is 0 Å². The molecule has 0 spiro atoms. The summed E-state index contributed by atoms with van der Waals surface area (Å²) in [4.78, 5) is 24.4. The first-order valence-electron chi connectivity index (χ1n) is 3.51. The van der Waals surface area contributed by atoms with E-state index in [9.17, 15) is 9.59 Å². The predicted molar refractivity (Wildman–Crippen MR) is 40.7 cm³/mol. The lowest BCUT2D eigenvalue weighted by atomic mass is 10.3. The van der Waals surface area contributed by atoms with E-state index in [-0.39, 0.29) is 6.54 Å². The molecule has 0 saturated heterocycles. The van der Waals surface area contributed by atoms with Gasteiger partial charge in [-0.15, -0.1) is 0 Å². The average molecular weight is 184 g/mol. The number of carboxylic acids is 1. The molecule has 0 aliphatic carbocycles. The lowest BCUT2D eigenvalue weighted by Gasteiger charge is -1.98. The highest BCUT2D eigenvalue weighted by Crippen LogP contribution is 2.03. The van der Waals surface area contributed by atoms with Crippen LogP contribution in [-0.4, -0.2) is 22.0 Å². The van der Waals surface area contributed by atoms with Gasteiger partial charge in [0.2, 0.25) is 0 Å². The number of aliphatic carboxylic acids is 1. The van der Waals surface area contributed by atoms with Gasteiger partial charge in [0.1, 0.15) is 5.76 Å².